The van der Waals surface area contributed by atoms with Crippen LogP contribution in [0.4, 0.5) is 10.1 Å². The van der Waals surface area contributed by atoms with Gasteiger partial charge >= 0.3 is 5.97 Å². The van der Waals surface area contributed by atoms with E-state index in [9.17, 15) is 31.1 Å². The second kappa shape index (κ2) is 9.43. The Bertz CT molecular complexity index is 1440. The lowest BCUT2D eigenvalue weighted by atomic mass is 9.95. The SMILES string of the molecule is Cc1cc(NS(=O)(=O)CC(=O)O)cc(C)c1Cc1ccc(O)c(S(=O)(=O)c2ccc(F)cc2)c1. The van der Waals surface area contributed by atoms with Crippen LogP contribution in [0.5, 0.6) is 5.75 Å². The number of hydrogen-bond acceptors (Lipinski definition) is 6. The van der Waals surface area contributed by atoms with Gasteiger partial charge in [-0.05, 0) is 91.1 Å². The number of carboxylic acid groups (broad SMARTS) is 1. The molecular weight excluding hydrogens is 485 g/mol. The molecule has 0 aliphatic heterocycles. The molecule has 0 radical (unpaired) electrons. The van der Waals surface area contributed by atoms with Gasteiger partial charge in [0.25, 0.3) is 0 Å². The zero-order valence-electron chi connectivity index (χ0n) is 18.2. The third kappa shape index (κ3) is 5.72. The monoisotopic (exact) mass is 507 g/mol. The summed E-state index contributed by atoms with van der Waals surface area (Å²) in [5.41, 5.74) is 2.99. The Labute approximate surface area is 196 Å². The number of aryl methyl sites for hydroxylation is 2. The maximum absolute atomic E-state index is 13.2. The molecule has 0 aliphatic carbocycles. The van der Waals surface area contributed by atoms with Crippen molar-refractivity contribution in [3.05, 3.63) is 82.7 Å². The highest BCUT2D eigenvalue weighted by atomic mass is 32.2. The maximum Gasteiger partial charge on any atom is 0.320 e. The van der Waals surface area contributed by atoms with Crippen LogP contribution in [0.15, 0.2) is 64.4 Å². The smallest absolute Gasteiger partial charge is 0.320 e. The van der Waals surface area contributed by atoms with Crippen molar-refractivity contribution in [3.8, 4) is 5.75 Å². The van der Waals surface area contributed by atoms with Gasteiger partial charge in [-0.2, -0.15) is 0 Å². The van der Waals surface area contributed by atoms with Crippen molar-refractivity contribution in [2.45, 2.75) is 30.1 Å². The lowest BCUT2D eigenvalue weighted by Crippen LogP contribution is -2.22. The van der Waals surface area contributed by atoms with Crippen molar-refractivity contribution in [1.29, 1.82) is 0 Å². The molecule has 0 fully saturated rings. The Balaban J connectivity index is 1.93. The first-order valence-electron chi connectivity index (χ1n) is 9.93. The molecule has 8 nitrogen and oxygen atoms in total. The molecule has 3 rings (SSSR count). The van der Waals surface area contributed by atoms with Crippen molar-refractivity contribution < 1.29 is 36.2 Å². The molecule has 0 aliphatic rings. The number of aliphatic carboxylic acids is 1. The average Bonchev–Trinajstić information content (AvgIpc) is 2.70. The fourth-order valence-corrected chi connectivity index (χ4v) is 5.81. The minimum Gasteiger partial charge on any atom is -0.507 e. The molecule has 0 heterocycles. The summed E-state index contributed by atoms with van der Waals surface area (Å²) in [6.07, 6.45) is 0.284. The van der Waals surface area contributed by atoms with Crippen LogP contribution in [0.1, 0.15) is 22.3 Å². The number of phenolic OH excluding ortho intramolecular Hbond substituents is 1. The number of phenols is 1. The van der Waals surface area contributed by atoms with E-state index in [0.29, 0.717) is 16.7 Å². The molecule has 3 aromatic carbocycles. The van der Waals surface area contributed by atoms with Gasteiger partial charge in [-0.3, -0.25) is 9.52 Å². The van der Waals surface area contributed by atoms with Crippen LogP contribution >= 0.6 is 0 Å². The summed E-state index contributed by atoms with van der Waals surface area (Å²) < 4.78 is 65.2. The topological polar surface area (TPSA) is 138 Å². The fraction of sp³-hybridized carbons (Fsp3) is 0.174. The molecule has 0 saturated carbocycles. The first-order chi connectivity index (χ1) is 15.8. The highest BCUT2D eigenvalue weighted by Gasteiger charge is 2.23. The average molecular weight is 508 g/mol. The van der Waals surface area contributed by atoms with Gasteiger partial charge < -0.3 is 10.2 Å². The molecule has 180 valence electrons. The van der Waals surface area contributed by atoms with Gasteiger partial charge in [0.05, 0.1) is 4.90 Å². The minimum absolute atomic E-state index is 0.160. The number of anilines is 1. The molecule has 3 aromatic rings. The van der Waals surface area contributed by atoms with Crippen molar-refractivity contribution in [3.63, 3.8) is 0 Å². The second-order valence-electron chi connectivity index (χ2n) is 7.78. The third-order valence-electron chi connectivity index (χ3n) is 5.10. The van der Waals surface area contributed by atoms with Crippen LogP contribution in [-0.2, 0) is 31.1 Å². The van der Waals surface area contributed by atoms with Crippen LogP contribution in [0.2, 0.25) is 0 Å². The Kier molecular flexibility index (Phi) is 6.99. The molecular formula is C23H22FNO7S2. The van der Waals surface area contributed by atoms with E-state index in [4.69, 9.17) is 5.11 Å². The van der Waals surface area contributed by atoms with E-state index in [2.05, 4.69) is 4.72 Å². The van der Waals surface area contributed by atoms with Crippen molar-refractivity contribution in [1.82, 2.24) is 0 Å². The van der Waals surface area contributed by atoms with Crippen molar-refractivity contribution in [2.24, 2.45) is 0 Å². The molecule has 11 heteroatoms. The summed E-state index contributed by atoms with van der Waals surface area (Å²) in [5, 5.41) is 18.9. The van der Waals surface area contributed by atoms with Gasteiger partial charge in [-0.1, -0.05) is 6.07 Å². The Morgan fingerprint density at radius 3 is 2.09 bits per heavy atom. The Morgan fingerprint density at radius 2 is 1.53 bits per heavy atom. The number of aromatic hydroxyl groups is 1. The lowest BCUT2D eigenvalue weighted by Gasteiger charge is -2.15. The standard InChI is InChI=1S/C23H22FNO7S2/c1-14-9-18(25-33(29,30)13-23(27)28)10-15(2)20(14)11-16-3-8-21(26)22(12-16)34(31,32)19-6-4-17(24)5-7-19/h3-10,12,25-26H,11,13H2,1-2H3,(H,27,28). The zero-order valence-corrected chi connectivity index (χ0v) is 19.9. The van der Waals surface area contributed by atoms with E-state index < -0.39 is 43.1 Å². The van der Waals surface area contributed by atoms with Gasteiger partial charge in [-0.15, -0.1) is 0 Å². The quantitative estimate of drug-likeness (QED) is 0.397. The second-order valence-corrected chi connectivity index (χ2v) is 11.4. The van der Waals surface area contributed by atoms with Crippen LogP contribution in [0.25, 0.3) is 0 Å². The number of hydrogen-bond donors (Lipinski definition) is 3. The molecule has 0 amide bonds. The third-order valence-corrected chi connectivity index (χ3v) is 8.07. The van der Waals surface area contributed by atoms with Crippen LogP contribution in [-0.4, -0.2) is 38.8 Å². The number of halogens is 1. The first-order valence-corrected chi connectivity index (χ1v) is 13.1. The van der Waals surface area contributed by atoms with E-state index in [-0.39, 0.29) is 21.9 Å². The van der Waals surface area contributed by atoms with E-state index >= 15 is 0 Å². The number of carboxylic acids is 1. The van der Waals surface area contributed by atoms with Crippen LogP contribution in [0, 0.1) is 19.7 Å². The normalized spacial score (nSPS) is 11.9. The van der Waals surface area contributed by atoms with Gasteiger partial charge in [0, 0.05) is 5.69 Å². The van der Waals surface area contributed by atoms with Crippen LogP contribution < -0.4 is 4.72 Å². The summed E-state index contributed by atoms with van der Waals surface area (Å²) in [7, 11) is -8.16. The molecule has 0 spiro atoms. The number of carbonyl (C=O) groups is 1. The number of rotatable bonds is 8. The molecule has 0 bridgehead atoms. The molecule has 0 atom stereocenters. The molecule has 0 unspecified atom stereocenters. The van der Waals surface area contributed by atoms with Crippen LogP contribution in [0.3, 0.4) is 0 Å². The predicted molar refractivity (Wildman–Crippen MR) is 124 cm³/mol. The van der Waals surface area contributed by atoms with Crippen molar-refractivity contribution in [2.75, 3.05) is 10.5 Å². The largest absolute Gasteiger partial charge is 0.507 e. The molecule has 34 heavy (non-hydrogen) atoms. The van der Waals surface area contributed by atoms with E-state index in [1.54, 1.807) is 32.0 Å². The molecule has 0 aromatic heterocycles. The summed E-state index contributed by atoms with van der Waals surface area (Å²) in [6, 6.07) is 11.6. The summed E-state index contributed by atoms with van der Waals surface area (Å²) in [5.74, 6) is -3.57. The number of sulfonamides is 1. The van der Waals surface area contributed by atoms with Gasteiger partial charge in [0.1, 0.15) is 16.5 Å². The van der Waals surface area contributed by atoms with Gasteiger partial charge in [0.2, 0.25) is 19.9 Å². The lowest BCUT2D eigenvalue weighted by molar-refractivity contribution is -0.134. The summed E-state index contributed by atoms with van der Waals surface area (Å²) in [6.45, 7) is 3.49. The number of nitrogens with one attached hydrogen (secondary N) is 1. The minimum atomic E-state index is -4.10. The van der Waals surface area contributed by atoms with E-state index in [1.165, 1.54) is 12.1 Å². The molecule has 0 saturated heterocycles. The van der Waals surface area contributed by atoms with E-state index in [0.717, 1.165) is 29.8 Å². The Morgan fingerprint density at radius 1 is 0.941 bits per heavy atom. The van der Waals surface area contributed by atoms with E-state index in [1.807, 2.05) is 0 Å². The number of sulfone groups is 1. The zero-order chi connectivity index (χ0) is 25.3. The highest BCUT2D eigenvalue weighted by molar-refractivity contribution is 7.93. The van der Waals surface area contributed by atoms with Gasteiger partial charge in [0.15, 0.2) is 5.75 Å². The van der Waals surface area contributed by atoms with Crippen molar-refractivity contribution >= 4 is 31.5 Å². The van der Waals surface area contributed by atoms with Gasteiger partial charge in [-0.25, -0.2) is 21.2 Å². The summed E-state index contributed by atoms with van der Waals surface area (Å²) >= 11 is 0. The molecule has 3 N–H and O–H groups in total. The fourth-order valence-electron chi connectivity index (χ4n) is 3.54. The highest BCUT2D eigenvalue weighted by Crippen LogP contribution is 2.31. The first kappa shape index (κ1) is 25.2. The summed E-state index contributed by atoms with van der Waals surface area (Å²) in [4.78, 5) is 10.3. The maximum atomic E-state index is 13.2. The Hall–Kier alpha value is -3.44. The predicted octanol–water partition coefficient (Wildman–Crippen LogP) is 3.40. The number of benzene rings is 3.